The van der Waals surface area contributed by atoms with Gasteiger partial charge in [0.25, 0.3) is 0 Å². The van der Waals surface area contributed by atoms with E-state index in [1.165, 1.54) is 34.8 Å². The lowest BCUT2D eigenvalue weighted by atomic mass is 10.1. The molecular formula is C10H17I. The van der Waals surface area contributed by atoms with Crippen LogP contribution in [0, 0.1) is 0 Å². The lowest BCUT2D eigenvalue weighted by molar-refractivity contribution is 0.788. The van der Waals surface area contributed by atoms with Crippen molar-refractivity contribution in [3.8, 4) is 0 Å². The summed E-state index contributed by atoms with van der Waals surface area (Å²) >= 11 is 2.39. The highest BCUT2D eigenvalue weighted by molar-refractivity contribution is 14.1. The van der Waals surface area contributed by atoms with Gasteiger partial charge >= 0.3 is 0 Å². The first-order valence-electron chi connectivity index (χ1n) is 4.04. The molecule has 0 fully saturated rings. The Morgan fingerprint density at radius 2 is 1.82 bits per heavy atom. The third kappa shape index (κ3) is 8.11. The molecule has 0 aliphatic heterocycles. The normalized spacial score (nSPS) is 9.64. The standard InChI is InChI=1S/C10H17I/c1-9(2)5-4-6-10(3)7-8-11/h1,3-8H2,2H3. The average molecular weight is 264 g/mol. The fourth-order valence-electron chi connectivity index (χ4n) is 0.899. The second-order valence-electron chi connectivity index (χ2n) is 3.00. The predicted molar refractivity (Wildman–Crippen MR) is 61.3 cm³/mol. The third-order valence-corrected chi connectivity index (χ3v) is 2.12. The van der Waals surface area contributed by atoms with Gasteiger partial charge < -0.3 is 0 Å². The van der Waals surface area contributed by atoms with Gasteiger partial charge in [-0.15, -0.1) is 6.58 Å². The zero-order valence-corrected chi connectivity index (χ0v) is 9.49. The van der Waals surface area contributed by atoms with Crippen LogP contribution in [0.15, 0.2) is 24.3 Å². The first kappa shape index (κ1) is 11.2. The summed E-state index contributed by atoms with van der Waals surface area (Å²) in [6.07, 6.45) is 4.73. The van der Waals surface area contributed by atoms with Crippen LogP contribution >= 0.6 is 22.6 Å². The topological polar surface area (TPSA) is 0 Å². The Hall–Kier alpha value is 0.210. The van der Waals surface area contributed by atoms with Crippen molar-refractivity contribution >= 4 is 22.6 Å². The van der Waals surface area contributed by atoms with Gasteiger partial charge in [0.1, 0.15) is 0 Å². The largest absolute Gasteiger partial charge is 0.100 e. The molecule has 0 radical (unpaired) electrons. The lowest BCUT2D eigenvalue weighted by Gasteiger charge is -2.02. The van der Waals surface area contributed by atoms with E-state index in [0.717, 1.165) is 6.42 Å². The summed E-state index contributed by atoms with van der Waals surface area (Å²) in [7, 11) is 0. The van der Waals surface area contributed by atoms with Crippen molar-refractivity contribution < 1.29 is 0 Å². The van der Waals surface area contributed by atoms with Crippen LogP contribution in [0.3, 0.4) is 0 Å². The quantitative estimate of drug-likeness (QED) is 0.384. The van der Waals surface area contributed by atoms with E-state index < -0.39 is 0 Å². The highest BCUT2D eigenvalue weighted by Crippen LogP contribution is 2.12. The molecule has 0 amide bonds. The summed E-state index contributed by atoms with van der Waals surface area (Å²) in [6, 6.07) is 0. The molecule has 1 heteroatoms. The first-order chi connectivity index (χ1) is 5.16. The van der Waals surface area contributed by atoms with E-state index in [9.17, 15) is 0 Å². The summed E-state index contributed by atoms with van der Waals surface area (Å²) in [6.45, 7) is 9.96. The maximum Gasteiger partial charge on any atom is 0.00324 e. The molecular weight excluding hydrogens is 247 g/mol. The molecule has 0 unspecified atom stereocenters. The minimum Gasteiger partial charge on any atom is -0.100 e. The van der Waals surface area contributed by atoms with Gasteiger partial charge in [-0.1, -0.05) is 40.3 Å². The number of hydrogen-bond acceptors (Lipinski definition) is 0. The lowest BCUT2D eigenvalue weighted by Crippen LogP contribution is -1.84. The van der Waals surface area contributed by atoms with Crippen LogP contribution in [0.25, 0.3) is 0 Å². The Morgan fingerprint density at radius 3 is 2.27 bits per heavy atom. The summed E-state index contributed by atoms with van der Waals surface area (Å²) in [5.74, 6) is 0. The monoisotopic (exact) mass is 264 g/mol. The van der Waals surface area contributed by atoms with Crippen LogP contribution in [0.2, 0.25) is 0 Å². The Bertz CT molecular complexity index is 136. The van der Waals surface area contributed by atoms with Gasteiger partial charge in [-0.2, -0.15) is 0 Å². The fraction of sp³-hybridized carbons (Fsp3) is 0.600. The second-order valence-corrected chi connectivity index (χ2v) is 4.08. The molecule has 0 N–H and O–H groups in total. The van der Waals surface area contributed by atoms with Gasteiger partial charge in [0.05, 0.1) is 0 Å². The van der Waals surface area contributed by atoms with E-state index in [2.05, 4.69) is 42.7 Å². The summed E-state index contributed by atoms with van der Waals surface area (Å²) in [5.41, 5.74) is 2.67. The van der Waals surface area contributed by atoms with E-state index >= 15 is 0 Å². The molecule has 64 valence electrons. The maximum atomic E-state index is 4.01. The van der Waals surface area contributed by atoms with Crippen LogP contribution in [0.1, 0.15) is 32.6 Å². The maximum absolute atomic E-state index is 4.01. The smallest absolute Gasteiger partial charge is 0.00324 e. The van der Waals surface area contributed by atoms with Crippen LogP contribution < -0.4 is 0 Å². The Labute approximate surface area is 83.9 Å². The average Bonchev–Trinajstić information content (AvgIpc) is 1.87. The van der Waals surface area contributed by atoms with Gasteiger partial charge in [0.2, 0.25) is 0 Å². The van der Waals surface area contributed by atoms with E-state index in [0.29, 0.717) is 0 Å². The molecule has 0 nitrogen and oxygen atoms in total. The SMILES string of the molecule is C=C(C)CCCC(=C)CCI. The number of allylic oxidation sites excluding steroid dienone is 2. The minimum atomic E-state index is 1.15. The summed E-state index contributed by atoms with van der Waals surface area (Å²) in [5, 5.41) is 0. The zero-order valence-electron chi connectivity index (χ0n) is 7.33. The van der Waals surface area contributed by atoms with Crippen molar-refractivity contribution in [1.82, 2.24) is 0 Å². The second kappa shape index (κ2) is 6.89. The zero-order chi connectivity index (χ0) is 8.69. The molecule has 0 rings (SSSR count). The first-order valence-corrected chi connectivity index (χ1v) is 5.56. The van der Waals surface area contributed by atoms with Crippen molar-refractivity contribution in [1.29, 1.82) is 0 Å². The molecule has 0 aromatic carbocycles. The van der Waals surface area contributed by atoms with Crippen molar-refractivity contribution in [2.75, 3.05) is 4.43 Å². The van der Waals surface area contributed by atoms with E-state index in [4.69, 9.17) is 0 Å². The number of halogens is 1. The van der Waals surface area contributed by atoms with Crippen molar-refractivity contribution in [3.63, 3.8) is 0 Å². The molecule has 0 aliphatic carbocycles. The Balaban J connectivity index is 3.24. The van der Waals surface area contributed by atoms with Gasteiger partial charge in [-0.25, -0.2) is 0 Å². The molecule has 0 atom stereocenters. The van der Waals surface area contributed by atoms with Gasteiger partial charge in [-0.05, 0) is 32.6 Å². The number of rotatable bonds is 6. The van der Waals surface area contributed by atoms with Crippen molar-refractivity contribution in [2.24, 2.45) is 0 Å². The fourth-order valence-corrected chi connectivity index (χ4v) is 1.66. The van der Waals surface area contributed by atoms with Gasteiger partial charge in [0, 0.05) is 4.43 Å². The Kier molecular flexibility index (Phi) is 7.02. The van der Waals surface area contributed by atoms with E-state index in [1.54, 1.807) is 0 Å². The van der Waals surface area contributed by atoms with Gasteiger partial charge in [-0.3, -0.25) is 0 Å². The molecule has 0 saturated carbocycles. The van der Waals surface area contributed by atoms with E-state index in [-0.39, 0.29) is 0 Å². The number of alkyl halides is 1. The van der Waals surface area contributed by atoms with E-state index in [1.807, 2.05) is 0 Å². The summed E-state index contributed by atoms with van der Waals surface area (Å²) in [4.78, 5) is 0. The van der Waals surface area contributed by atoms with Crippen molar-refractivity contribution in [3.05, 3.63) is 24.3 Å². The molecule has 0 spiro atoms. The molecule has 11 heavy (non-hydrogen) atoms. The van der Waals surface area contributed by atoms with Crippen molar-refractivity contribution in [2.45, 2.75) is 32.6 Å². The minimum absolute atomic E-state index is 1.15. The van der Waals surface area contributed by atoms with Crippen LogP contribution in [-0.2, 0) is 0 Å². The predicted octanol–water partition coefficient (Wildman–Crippen LogP) is 4.11. The summed E-state index contributed by atoms with van der Waals surface area (Å²) < 4.78 is 1.20. The van der Waals surface area contributed by atoms with Crippen LogP contribution in [-0.4, -0.2) is 4.43 Å². The van der Waals surface area contributed by atoms with Gasteiger partial charge in [0.15, 0.2) is 0 Å². The highest BCUT2D eigenvalue weighted by Gasteiger charge is 1.93. The third-order valence-electron chi connectivity index (χ3n) is 1.58. The van der Waals surface area contributed by atoms with Crippen LogP contribution in [0.4, 0.5) is 0 Å². The number of hydrogen-bond donors (Lipinski definition) is 0. The molecule has 0 aliphatic rings. The van der Waals surface area contributed by atoms with Crippen LogP contribution in [0.5, 0.6) is 0 Å². The molecule has 0 aromatic rings. The molecule has 0 heterocycles. The molecule has 0 aromatic heterocycles. The molecule has 0 bridgehead atoms. The molecule has 0 saturated heterocycles. The highest BCUT2D eigenvalue weighted by atomic mass is 127. The Morgan fingerprint density at radius 1 is 1.18 bits per heavy atom.